The highest BCUT2D eigenvalue weighted by atomic mass is 35.5. The summed E-state index contributed by atoms with van der Waals surface area (Å²) in [7, 11) is 0. The molecule has 0 aliphatic carbocycles. The van der Waals surface area contributed by atoms with Gasteiger partial charge in [0, 0.05) is 6.54 Å². The second-order valence-electron chi connectivity index (χ2n) is 4.02. The lowest BCUT2D eigenvalue weighted by molar-refractivity contribution is -0.383. The van der Waals surface area contributed by atoms with Crippen LogP contribution in [0.3, 0.4) is 0 Å². The molecule has 96 valence electrons. The number of carbonyl (C=O) groups is 1. The van der Waals surface area contributed by atoms with E-state index >= 15 is 0 Å². The van der Waals surface area contributed by atoms with Crippen LogP contribution in [0.1, 0.15) is 12.8 Å². The third kappa shape index (κ3) is 2.53. The van der Waals surface area contributed by atoms with E-state index in [9.17, 15) is 14.9 Å². The fourth-order valence-electron chi connectivity index (χ4n) is 1.91. The van der Waals surface area contributed by atoms with Crippen molar-refractivity contribution in [1.29, 1.82) is 0 Å². The Balaban J connectivity index is 2.25. The topological polar surface area (TPSA) is 84.3 Å². The van der Waals surface area contributed by atoms with Crippen LogP contribution in [0.5, 0.6) is 0 Å². The number of amides is 1. The summed E-state index contributed by atoms with van der Waals surface area (Å²) < 4.78 is 0. The highest BCUT2D eigenvalue weighted by Gasteiger charge is 2.26. The Hall–Kier alpha value is -1.82. The molecule has 1 amide bonds. The van der Waals surface area contributed by atoms with Crippen LogP contribution in [-0.2, 0) is 4.79 Å². The Morgan fingerprint density at radius 2 is 2.28 bits per heavy atom. The largest absolute Gasteiger partial charge is 0.368 e. The van der Waals surface area contributed by atoms with Crippen molar-refractivity contribution in [2.45, 2.75) is 18.9 Å². The number of anilines is 1. The first kappa shape index (κ1) is 12.6. The number of carbonyl (C=O) groups excluding carboxylic acids is 1. The minimum Gasteiger partial charge on any atom is -0.368 e. The van der Waals surface area contributed by atoms with Crippen molar-refractivity contribution in [3.05, 3.63) is 33.3 Å². The molecule has 0 saturated carbocycles. The van der Waals surface area contributed by atoms with Gasteiger partial charge in [-0.15, -0.1) is 0 Å². The van der Waals surface area contributed by atoms with E-state index in [0.717, 1.165) is 6.42 Å². The lowest BCUT2D eigenvalue weighted by Crippen LogP contribution is -2.44. The maximum atomic E-state index is 11.6. The summed E-state index contributed by atoms with van der Waals surface area (Å²) in [5.41, 5.74) is 0.0760. The zero-order valence-corrected chi connectivity index (χ0v) is 10.2. The molecule has 0 radical (unpaired) electrons. The quantitative estimate of drug-likeness (QED) is 0.649. The Bertz CT molecular complexity index is 492. The van der Waals surface area contributed by atoms with Gasteiger partial charge in [-0.25, -0.2) is 0 Å². The van der Waals surface area contributed by atoms with Crippen molar-refractivity contribution in [3.63, 3.8) is 0 Å². The molecule has 7 heteroatoms. The van der Waals surface area contributed by atoms with Crippen molar-refractivity contribution in [2.75, 3.05) is 11.9 Å². The van der Waals surface area contributed by atoms with E-state index in [1.54, 1.807) is 12.1 Å². The zero-order chi connectivity index (χ0) is 13.1. The van der Waals surface area contributed by atoms with Gasteiger partial charge in [0.05, 0.1) is 4.92 Å². The van der Waals surface area contributed by atoms with Crippen molar-refractivity contribution < 1.29 is 9.72 Å². The van der Waals surface area contributed by atoms with Crippen LogP contribution in [0.2, 0.25) is 5.02 Å². The van der Waals surface area contributed by atoms with Gasteiger partial charge in [0.2, 0.25) is 5.91 Å². The van der Waals surface area contributed by atoms with Gasteiger partial charge in [0.1, 0.15) is 16.8 Å². The smallest absolute Gasteiger partial charge is 0.310 e. The first-order valence-corrected chi connectivity index (χ1v) is 5.94. The molecular weight excluding hydrogens is 258 g/mol. The Morgan fingerprint density at radius 3 is 2.94 bits per heavy atom. The molecule has 0 bridgehead atoms. The Labute approximate surface area is 108 Å². The Morgan fingerprint density at radius 1 is 1.50 bits per heavy atom. The first-order chi connectivity index (χ1) is 8.59. The van der Waals surface area contributed by atoms with Crippen molar-refractivity contribution >= 4 is 28.9 Å². The summed E-state index contributed by atoms with van der Waals surface area (Å²) in [6.07, 6.45) is 1.49. The van der Waals surface area contributed by atoms with Crippen LogP contribution >= 0.6 is 11.6 Å². The monoisotopic (exact) mass is 269 g/mol. The van der Waals surface area contributed by atoms with E-state index in [0.29, 0.717) is 13.0 Å². The van der Waals surface area contributed by atoms with Gasteiger partial charge >= 0.3 is 5.69 Å². The molecule has 2 N–H and O–H groups in total. The second kappa shape index (κ2) is 5.22. The Kier molecular flexibility index (Phi) is 3.66. The van der Waals surface area contributed by atoms with Crippen LogP contribution in [0.4, 0.5) is 11.4 Å². The van der Waals surface area contributed by atoms with E-state index < -0.39 is 11.0 Å². The van der Waals surface area contributed by atoms with Crippen molar-refractivity contribution in [3.8, 4) is 0 Å². The average Bonchev–Trinajstić information content (AvgIpc) is 2.31. The number of rotatable bonds is 3. The third-order valence-electron chi connectivity index (χ3n) is 2.78. The number of nitro groups is 1. The molecule has 1 aliphatic rings. The van der Waals surface area contributed by atoms with Gasteiger partial charge in [-0.05, 0) is 25.0 Å². The molecule has 1 aliphatic heterocycles. The number of nitrogens with one attached hydrogen (secondary N) is 2. The summed E-state index contributed by atoms with van der Waals surface area (Å²) in [6, 6.07) is 4.16. The minimum atomic E-state index is -0.550. The van der Waals surface area contributed by atoms with E-state index in [2.05, 4.69) is 10.6 Å². The fourth-order valence-corrected chi connectivity index (χ4v) is 2.16. The second-order valence-corrected chi connectivity index (χ2v) is 4.43. The van der Waals surface area contributed by atoms with Crippen molar-refractivity contribution in [1.82, 2.24) is 5.32 Å². The molecule has 1 fully saturated rings. The van der Waals surface area contributed by atoms with Crippen LogP contribution in [0.15, 0.2) is 18.2 Å². The molecule has 1 saturated heterocycles. The van der Waals surface area contributed by atoms with Gasteiger partial charge in [-0.2, -0.15) is 0 Å². The van der Waals surface area contributed by atoms with Crippen molar-refractivity contribution in [2.24, 2.45) is 0 Å². The maximum Gasteiger partial charge on any atom is 0.310 e. The number of para-hydroxylation sites is 1. The van der Waals surface area contributed by atoms with Crippen LogP contribution in [0, 0.1) is 10.1 Å². The highest BCUT2D eigenvalue weighted by molar-refractivity contribution is 6.33. The van der Waals surface area contributed by atoms with Gasteiger partial charge in [-0.3, -0.25) is 14.9 Å². The summed E-state index contributed by atoms with van der Waals surface area (Å²) in [4.78, 5) is 22.0. The van der Waals surface area contributed by atoms with Crippen LogP contribution in [-0.4, -0.2) is 23.4 Å². The SMILES string of the molecule is O=C1NCCCC1Nc1cccc(Cl)c1[N+](=O)[O-]. The normalized spacial score (nSPS) is 19.2. The number of nitro benzene ring substituents is 1. The molecular formula is C11H12ClN3O3. The molecule has 1 aromatic rings. The molecule has 1 unspecified atom stereocenters. The highest BCUT2D eigenvalue weighted by Crippen LogP contribution is 2.33. The van der Waals surface area contributed by atoms with Crippen LogP contribution in [0.25, 0.3) is 0 Å². The lowest BCUT2D eigenvalue weighted by atomic mass is 10.1. The van der Waals surface area contributed by atoms with Gasteiger partial charge in [0.15, 0.2) is 0 Å². The number of nitrogens with zero attached hydrogens (tertiary/aromatic N) is 1. The number of hydrogen-bond acceptors (Lipinski definition) is 4. The summed E-state index contributed by atoms with van der Waals surface area (Å²) >= 11 is 5.80. The molecule has 2 rings (SSSR count). The lowest BCUT2D eigenvalue weighted by Gasteiger charge is -2.23. The molecule has 1 aromatic carbocycles. The zero-order valence-electron chi connectivity index (χ0n) is 9.48. The number of piperidine rings is 1. The molecule has 18 heavy (non-hydrogen) atoms. The minimum absolute atomic E-state index is 0.0567. The predicted molar refractivity (Wildman–Crippen MR) is 67.8 cm³/mol. The standard InChI is InChI=1S/C11H12ClN3O3/c12-7-3-1-4-8(10(7)15(17)18)14-9-5-2-6-13-11(9)16/h1,3-4,9,14H,2,5-6H2,(H,13,16). The predicted octanol–water partition coefficient (Wildman–Crippen LogP) is 1.94. The number of halogens is 1. The average molecular weight is 270 g/mol. The van der Waals surface area contributed by atoms with Gasteiger partial charge < -0.3 is 10.6 Å². The first-order valence-electron chi connectivity index (χ1n) is 5.57. The number of benzene rings is 1. The fraction of sp³-hybridized carbons (Fsp3) is 0.364. The molecule has 1 atom stereocenters. The third-order valence-corrected chi connectivity index (χ3v) is 3.09. The van der Waals surface area contributed by atoms with E-state index in [1.165, 1.54) is 6.07 Å². The van der Waals surface area contributed by atoms with Gasteiger partial charge in [0.25, 0.3) is 0 Å². The van der Waals surface area contributed by atoms with Gasteiger partial charge in [-0.1, -0.05) is 17.7 Å². The molecule has 0 spiro atoms. The summed E-state index contributed by atoms with van der Waals surface area (Å²) in [5, 5.41) is 16.6. The molecule has 0 aromatic heterocycles. The van der Waals surface area contributed by atoms with E-state index in [1.807, 2.05) is 0 Å². The van der Waals surface area contributed by atoms with E-state index in [-0.39, 0.29) is 22.3 Å². The molecule has 6 nitrogen and oxygen atoms in total. The van der Waals surface area contributed by atoms with E-state index in [4.69, 9.17) is 11.6 Å². The number of hydrogen-bond donors (Lipinski definition) is 2. The summed E-state index contributed by atoms with van der Waals surface area (Å²) in [5.74, 6) is -0.143. The summed E-state index contributed by atoms with van der Waals surface area (Å²) in [6.45, 7) is 0.647. The molecule has 1 heterocycles. The van der Waals surface area contributed by atoms with Crippen LogP contribution < -0.4 is 10.6 Å². The maximum absolute atomic E-state index is 11.6.